The van der Waals surface area contributed by atoms with Gasteiger partial charge in [0.05, 0.1) is 5.02 Å². The molecule has 2 rings (SSSR count). The van der Waals surface area contributed by atoms with Gasteiger partial charge >= 0.3 is 0 Å². The first-order chi connectivity index (χ1) is 11.7. The van der Waals surface area contributed by atoms with Crippen molar-refractivity contribution in [3.05, 3.63) is 28.2 Å². The zero-order valence-electron chi connectivity index (χ0n) is 14.0. The van der Waals surface area contributed by atoms with E-state index in [-0.39, 0.29) is 18.6 Å². The Morgan fingerprint density at radius 1 is 1.32 bits per heavy atom. The first-order valence-corrected chi connectivity index (χ1v) is 9.90. The molecule has 10 heteroatoms. The van der Waals surface area contributed by atoms with Crippen molar-refractivity contribution in [3.8, 4) is 5.75 Å². The van der Waals surface area contributed by atoms with Gasteiger partial charge in [-0.05, 0) is 31.0 Å². The van der Waals surface area contributed by atoms with Crippen LogP contribution in [-0.4, -0.2) is 62.8 Å². The average molecular weight is 410 g/mol. The average Bonchev–Trinajstić information content (AvgIpc) is 2.54. The Morgan fingerprint density at radius 2 is 1.96 bits per heavy atom. The van der Waals surface area contributed by atoms with Crippen LogP contribution in [0.2, 0.25) is 10.0 Å². The van der Waals surface area contributed by atoms with E-state index in [1.165, 1.54) is 28.8 Å². The third-order valence-corrected chi connectivity index (χ3v) is 6.33. The van der Waals surface area contributed by atoms with Crippen molar-refractivity contribution in [3.63, 3.8) is 0 Å². The Hall–Kier alpha value is -1.06. The second-order valence-corrected chi connectivity index (χ2v) is 8.88. The molecule has 0 bridgehead atoms. The maximum absolute atomic E-state index is 12.1. The molecule has 1 aliphatic rings. The van der Waals surface area contributed by atoms with Gasteiger partial charge in [0.1, 0.15) is 5.75 Å². The summed E-state index contributed by atoms with van der Waals surface area (Å²) in [5.74, 6) is 0.105. The Labute approximate surface area is 158 Å². The van der Waals surface area contributed by atoms with Crippen LogP contribution < -0.4 is 10.1 Å². The quantitative estimate of drug-likeness (QED) is 0.775. The van der Waals surface area contributed by atoms with Gasteiger partial charge < -0.3 is 10.1 Å². The largest absolute Gasteiger partial charge is 0.482 e. The van der Waals surface area contributed by atoms with Crippen LogP contribution in [0, 0.1) is 0 Å². The number of hydrogen-bond acceptors (Lipinski definition) is 4. The number of carbonyl (C=O) groups excluding carboxylic acids is 1. The fraction of sp³-hybridized carbons (Fsp3) is 0.533. The van der Waals surface area contributed by atoms with E-state index in [4.69, 9.17) is 27.9 Å². The van der Waals surface area contributed by atoms with Crippen molar-refractivity contribution in [2.24, 2.45) is 0 Å². The number of halogens is 2. The Morgan fingerprint density at radius 3 is 2.52 bits per heavy atom. The fourth-order valence-corrected chi connectivity index (χ4v) is 4.06. The summed E-state index contributed by atoms with van der Waals surface area (Å²) in [6.45, 7) is 0.572. The highest BCUT2D eigenvalue weighted by Gasteiger charge is 2.30. The number of hydrogen-bond donors (Lipinski definition) is 1. The summed E-state index contributed by atoms with van der Waals surface area (Å²) in [6, 6.07) is 4.69. The minimum atomic E-state index is -3.40. The van der Waals surface area contributed by atoms with Gasteiger partial charge in [0.15, 0.2) is 6.61 Å². The SMILES string of the molecule is CN(C)S(=O)(=O)N1CCC(NC(=O)COc2ccc(Cl)cc2Cl)CC1. The van der Waals surface area contributed by atoms with E-state index >= 15 is 0 Å². The minimum Gasteiger partial charge on any atom is -0.482 e. The van der Waals surface area contributed by atoms with Gasteiger partial charge in [-0.2, -0.15) is 17.0 Å². The molecule has 1 N–H and O–H groups in total. The summed E-state index contributed by atoms with van der Waals surface area (Å²) in [6.07, 6.45) is 1.11. The lowest BCUT2D eigenvalue weighted by Gasteiger charge is -2.33. The van der Waals surface area contributed by atoms with Crippen LogP contribution >= 0.6 is 23.2 Å². The molecule has 25 heavy (non-hydrogen) atoms. The first kappa shape index (κ1) is 20.3. The molecule has 7 nitrogen and oxygen atoms in total. The maximum Gasteiger partial charge on any atom is 0.281 e. The molecule has 0 radical (unpaired) electrons. The van der Waals surface area contributed by atoms with Crippen molar-refractivity contribution >= 4 is 39.3 Å². The van der Waals surface area contributed by atoms with Gasteiger partial charge in [-0.25, -0.2) is 0 Å². The van der Waals surface area contributed by atoms with E-state index in [9.17, 15) is 13.2 Å². The van der Waals surface area contributed by atoms with E-state index in [2.05, 4.69) is 5.32 Å². The van der Waals surface area contributed by atoms with E-state index in [1.807, 2.05) is 0 Å². The summed E-state index contributed by atoms with van der Waals surface area (Å²) in [7, 11) is -0.398. The van der Waals surface area contributed by atoms with Gasteiger partial charge in [0.2, 0.25) is 0 Å². The molecule has 1 saturated heterocycles. The summed E-state index contributed by atoms with van der Waals surface area (Å²) in [5, 5.41) is 3.68. The molecule has 0 unspecified atom stereocenters. The number of piperidine rings is 1. The van der Waals surface area contributed by atoms with E-state index in [0.717, 1.165) is 0 Å². The fourth-order valence-electron chi connectivity index (χ4n) is 2.47. The predicted octanol–water partition coefficient (Wildman–Crippen LogP) is 1.76. The van der Waals surface area contributed by atoms with E-state index < -0.39 is 10.2 Å². The Bertz CT molecular complexity index is 719. The van der Waals surface area contributed by atoms with Crippen LogP contribution in [-0.2, 0) is 15.0 Å². The third kappa shape index (κ3) is 5.46. The zero-order chi connectivity index (χ0) is 18.6. The molecular formula is C15H21Cl2N3O4S. The monoisotopic (exact) mass is 409 g/mol. The zero-order valence-corrected chi connectivity index (χ0v) is 16.4. The predicted molar refractivity (Wildman–Crippen MR) is 97.3 cm³/mol. The second kappa shape index (κ2) is 8.55. The van der Waals surface area contributed by atoms with Gasteiger partial charge in [-0.15, -0.1) is 0 Å². The Kier molecular flexibility index (Phi) is 6.93. The molecular weight excluding hydrogens is 389 g/mol. The molecule has 0 aromatic heterocycles. The molecule has 0 aliphatic carbocycles. The van der Waals surface area contributed by atoms with Crippen LogP contribution in [0.1, 0.15) is 12.8 Å². The highest BCUT2D eigenvalue weighted by atomic mass is 35.5. The molecule has 1 aromatic carbocycles. The number of carbonyl (C=O) groups is 1. The van der Waals surface area contributed by atoms with Gasteiger partial charge in [0, 0.05) is 38.2 Å². The van der Waals surface area contributed by atoms with Crippen molar-refractivity contribution in [1.82, 2.24) is 13.9 Å². The topological polar surface area (TPSA) is 79.0 Å². The highest BCUT2D eigenvalue weighted by molar-refractivity contribution is 7.86. The number of amides is 1. The molecule has 140 valence electrons. The first-order valence-electron chi connectivity index (χ1n) is 7.75. The number of nitrogens with one attached hydrogen (secondary N) is 1. The number of benzene rings is 1. The number of rotatable bonds is 6. The van der Waals surface area contributed by atoms with Crippen molar-refractivity contribution < 1.29 is 17.9 Å². The highest BCUT2D eigenvalue weighted by Crippen LogP contribution is 2.27. The summed E-state index contributed by atoms with van der Waals surface area (Å²) in [4.78, 5) is 12.0. The van der Waals surface area contributed by atoms with Gasteiger partial charge in [0.25, 0.3) is 16.1 Å². The summed E-state index contributed by atoms with van der Waals surface area (Å²) >= 11 is 11.8. The van der Waals surface area contributed by atoms with Crippen molar-refractivity contribution in [2.45, 2.75) is 18.9 Å². The smallest absolute Gasteiger partial charge is 0.281 e. The van der Waals surface area contributed by atoms with Crippen LogP contribution in [0.5, 0.6) is 5.75 Å². The van der Waals surface area contributed by atoms with Gasteiger partial charge in [-0.1, -0.05) is 23.2 Å². The molecule has 1 heterocycles. The normalized spacial score (nSPS) is 16.8. The van der Waals surface area contributed by atoms with E-state index in [1.54, 1.807) is 12.1 Å². The second-order valence-electron chi connectivity index (χ2n) is 5.89. The standard InChI is InChI=1S/C15H21Cl2N3O4S/c1-19(2)25(22,23)20-7-5-12(6-8-20)18-15(21)10-24-14-4-3-11(16)9-13(14)17/h3-4,9,12H,5-8,10H2,1-2H3,(H,18,21). The minimum absolute atomic E-state index is 0.0783. The molecule has 0 atom stereocenters. The molecule has 1 amide bonds. The molecule has 0 spiro atoms. The Balaban J connectivity index is 1.79. The maximum atomic E-state index is 12.1. The van der Waals surface area contributed by atoms with E-state index in [0.29, 0.717) is 41.7 Å². The summed E-state index contributed by atoms with van der Waals surface area (Å²) in [5.41, 5.74) is 0. The lowest BCUT2D eigenvalue weighted by atomic mass is 10.1. The van der Waals surface area contributed by atoms with Crippen LogP contribution in [0.3, 0.4) is 0 Å². The van der Waals surface area contributed by atoms with Crippen molar-refractivity contribution in [2.75, 3.05) is 33.8 Å². The number of ether oxygens (including phenoxy) is 1. The van der Waals surface area contributed by atoms with Gasteiger partial charge in [-0.3, -0.25) is 4.79 Å². The molecule has 0 saturated carbocycles. The molecule has 1 fully saturated rings. The lowest BCUT2D eigenvalue weighted by Crippen LogP contribution is -2.49. The van der Waals surface area contributed by atoms with Crippen LogP contribution in [0.25, 0.3) is 0 Å². The van der Waals surface area contributed by atoms with Crippen LogP contribution in [0.4, 0.5) is 0 Å². The summed E-state index contributed by atoms with van der Waals surface area (Å²) < 4.78 is 32.1. The lowest BCUT2D eigenvalue weighted by molar-refractivity contribution is -0.124. The molecule has 1 aliphatic heterocycles. The van der Waals surface area contributed by atoms with Crippen LogP contribution in [0.15, 0.2) is 18.2 Å². The molecule has 1 aromatic rings. The number of nitrogens with zero attached hydrogens (tertiary/aromatic N) is 2. The third-order valence-electron chi connectivity index (χ3n) is 3.86. The van der Waals surface area contributed by atoms with Crippen molar-refractivity contribution in [1.29, 1.82) is 0 Å².